The Labute approximate surface area is 309 Å². The molecule has 0 amide bonds. The molecule has 282 valence electrons. The van der Waals surface area contributed by atoms with E-state index in [1.165, 1.54) is 12.1 Å². The molecule has 0 N–H and O–H groups in total. The molecule has 1 aliphatic heterocycles. The van der Waals surface area contributed by atoms with E-state index in [1.54, 1.807) is 64.0 Å². The minimum absolute atomic E-state index is 0. The molecule has 52 heavy (non-hydrogen) atoms. The van der Waals surface area contributed by atoms with Gasteiger partial charge in [0.1, 0.15) is 0 Å². The van der Waals surface area contributed by atoms with Gasteiger partial charge in [0.25, 0.3) is 0 Å². The number of hydrogen-bond donors (Lipinski definition) is 0. The van der Waals surface area contributed by atoms with E-state index in [2.05, 4.69) is 22.1 Å². The Morgan fingerprint density at radius 2 is 0.846 bits per heavy atom. The largest absolute Gasteiger partial charge is 2.00 e. The van der Waals surface area contributed by atoms with E-state index in [4.69, 9.17) is 0 Å². The van der Waals surface area contributed by atoms with Crippen LogP contribution in [0.25, 0.3) is 22.5 Å². The molecule has 1 aliphatic rings. The molecule has 0 aliphatic carbocycles. The minimum Gasteiger partial charge on any atom is -0.378 e. The van der Waals surface area contributed by atoms with E-state index in [0.717, 1.165) is 27.7 Å². The van der Waals surface area contributed by atoms with Gasteiger partial charge < -0.3 is 19.8 Å². The van der Waals surface area contributed by atoms with E-state index in [9.17, 15) is 26.3 Å². The zero-order valence-electron chi connectivity index (χ0n) is 29.7. The van der Waals surface area contributed by atoms with Crippen molar-refractivity contribution in [3.63, 3.8) is 0 Å². The fourth-order valence-electron chi connectivity index (χ4n) is 6.08. The van der Waals surface area contributed by atoms with Gasteiger partial charge in [-0.1, -0.05) is 62.1 Å². The molecule has 0 radical (unpaired) electrons. The van der Waals surface area contributed by atoms with Gasteiger partial charge in [-0.05, 0) is 48.2 Å². The van der Waals surface area contributed by atoms with Gasteiger partial charge in [0.05, 0.1) is 23.3 Å². The summed E-state index contributed by atoms with van der Waals surface area (Å²) in [5.74, 6) is -8.24. The monoisotopic (exact) mass is 919 g/mol. The van der Waals surface area contributed by atoms with Crippen molar-refractivity contribution in [2.75, 3.05) is 38.0 Å². The van der Waals surface area contributed by atoms with Gasteiger partial charge in [0.2, 0.25) is 0 Å². The summed E-state index contributed by atoms with van der Waals surface area (Å²) in [6.45, 7) is 7.78. The zero-order valence-corrected chi connectivity index (χ0v) is 32.0. The predicted molar refractivity (Wildman–Crippen MR) is 174 cm³/mol. The van der Waals surface area contributed by atoms with Crippen LogP contribution in [0.1, 0.15) is 75.2 Å². The van der Waals surface area contributed by atoms with Gasteiger partial charge in [-0.15, -0.1) is 12.1 Å². The summed E-state index contributed by atoms with van der Waals surface area (Å²) >= 11 is 0. The van der Waals surface area contributed by atoms with Crippen LogP contribution in [-0.4, -0.2) is 38.2 Å². The van der Waals surface area contributed by atoms with Gasteiger partial charge in [0, 0.05) is 67.5 Å². The second-order valence-corrected chi connectivity index (χ2v) is 14.6. The van der Waals surface area contributed by atoms with Crippen molar-refractivity contribution in [2.24, 2.45) is 0 Å². The SMILES string of the molecule is CN(C)c1cc2nc(c1)C(C)(C)c1cc(N(C)C)cc(n1)-c1[c-]c(c(F)c(C(F)(F)F)c1F)C(C)(C)C(C)(C)c1[c-]c-2c(F)c(C(F)(F)F)c1F.[Pt+2]. The number of pyridine rings is 2. The molecule has 8 bridgehead atoms. The van der Waals surface area contributed by atoms with Crippen molar-refractivity contribution in [1.82, 2.24) is 9.97 Å². The normalized spacial score (nSPS) is 16.0. The second kappa shape index (κ2) is 13.0. The Hall–Kier alpha value is -3.67. The number of hydrogen-bond acceptors (Lipinski definition) is 4. The minimum atomic E-state index is -5.60. The van der Waals surface area contributed by atoms with Crippen molar-refractivity contribution in [2.45, 2.75) is 70.1 Å². The molecule has 3 heterocycles. The zero-order chi connectivity index (χ0) is 38.5. The third kappa shape index (κ3) is 6.47. The molecule has 2 aromatic carbocycles. The third-order valence-electron chi connectivity index (χ3n) is 10.1. The average Bonchev–Trinajstić information content (AvgIpc) is 2.98. The van der Waals surface area contributed by atoms with E-state index in [-0.39, 0.29) is 43.8 Å². The summed E-state index contributed by atoms with van der Waals surface area (Å²) in [7, 11) is 6.45. The summed E-state index contributed by atoms with van der Waals surface area (Å²) in [6, 6.07) is 10.5. The Morgan fingerprint density at radius 3 is 1.12 bits per heavy atom. The van der Waals surface area contributed by atoms with E-state index in [0.29, 0.717) is 11.4 Å². The predicted octanol–water partition coefficient (Wildman–Crippen LogP) is 10.0. The van der Waals surface area contributed by atoms with Crippen LogP contribution in [0, 0.1) is 35.4 Å². The maximum absolute atomic E-state index is 16.2. The topological polar surface area (TPSA) is 32.3 Å². The molecule has 2 aromatic heterocycles. The van der Waals surface area contributed by atoms with Crippen molar-refractivity contribution in [1.29, 1.82) is 0 Å². The number of rotatable bonds is 2. The van der Waals surface area contributed by atoms with Gasteiger partial charge in [0.15, 0.2) is 0 Å². The van der Waals surface area contributed by atoms with Crippen LogP contribution in [0.3, 0.4) is 0 Å². The molecule has 4 aromatic rings. The van der Waals surface area contributed by atoms with Crippen LogP contribution in [0.5, 0.6) is 0 Å². The second-order valence-electron chi connectivity index (χ2n) is 14.6. The molecule has 5 rings (SSSR count). The van der Waals surface area contributed by atoms with E-state index in [1.807, 2.05) is 0 Å². The molecular formula is C37H34F10N4Pt. The summed E-state index contributed by atoms with van der Waals surface area (Å²) in [6.07, 6.45) is -11.2. The first-order chi connectivity index (χ1) is 23.1. The molecule has 0 spiro atoms. The average molecular weight is 920 g/mol. The molecule has 0 unspecified atom stereocenters. The van der Waals surface area contributed by atoms with Crippen molar-refractivity contribution in [3.8, 4) is 22.5 Å². The third-order valence-corrected chi connectivity index (χ3v) is 10.1. The maximum Gasteiger partial charge on any atom is 2.00 e. The van der Waals surface area contributed by atoms with Crippen molar-refractivity contribution in [3.05, 3.63) is 93.3 Å². The molecule has 0 atom stereocenters. The van der Waals surface area contributed by atoms with Crippen LogP contribution in [0.15, 0.2) is 24.3 Å². The number of alkyl halides is 6. The number of benzene rings is 2. The fourth-order valence-corrected chi connectivity index (χ4v) is 6.08. The van der Waals surface area contributed by atoms with Gasteiger partial charge in [-0.25, -0.2) is 0 Å². The van der Waals surface area contributed by atoms with Crippen molar-refractivity contribution < 1.29 is 65.0 Å². The first-order valence-electron chi connectivity index (χ1n) is 15.6. The first kappa shape index (κ1) is 41.1. The fraction of sp³-hybridized carbons (Fsp3) is 0.405. The molecule has 4 nitrogen and oxygen atoms in total. The van der Waals surface area contributed by atoms with Crippen LogP contribution in [0.2, 0.25) is 0 Å². The number of nitrogens with zero attached hydrogens (tertiary/aromatic N) is 4. The molecule has 0 saturated heterocycles. The molecule has 0 saturated carbocycles. The standard InChI is InChI=1S/C37H34F10N4.Pt/c1-33(2)25-13-17(50(7)8)11-23(48-25)19-15-21(31(40)27(29(19)38)36(42,43)44)34(3,4)35(5,6)22-16-20(30(39)28(32(22)41)37(45,46)47)24-12-18(51(9)10)14-26(33)49-24;/h11-14H,1-10H3;/q-2;+2. The first-order valence-corrected chi connectivity index (χ1v) is 15.6. The van der Waals surface area contributed by atoms with Gasteiger partial charge >= 0.3 is 33.4 Å². The van der Waals surface area contributed by atoms with Gasteiger partial charge in [-0.2, -0.15) is 26.3 Å². The summed E-state index contributed by atoms with van der Waals surface area (Å²) < 4.78 is 152. The smallest absolute Gasteiger partial charge is 0.378 e. The van der Waals surface area contributed by atoms with Crippen molar-refractivity contribution >= 4 is 11.4 Å². The number of aromatic nitrogens is 2. The van der Waals surface area contributed by atoms with E-state index >= 15 is 17.6 Å². The Bertz CT molecular complexity index is 1920. The quantitative estimate of drug-likeness (QED) is 0.148. The van der Waals surface area contributed by atoms with Crippen LogP contribution in [0.4, 0.5) is 55.3 Å². The summed E-state index contributed by atoms with van der Waals surface area (Å²) in [5.41, 5.74) is -13.6. The summed E-state index contributed by atoms with van der Waals surface area (Å²) in [5, 5.41) is 0. The molecule has 15 heteroatoms. The summed E-state index contributed by atoms with van der Waals surface area (Å²) in [4.78, 5) is 12.3. The van der Waals surface area contributed by atoms with Crippen LogP contribution >= 0.6 is 0 Å². The number of anilines is 2. The number of halogens is 10. The maximum atomic E-state index is 16.2. The Balaban J connectivity index is 0.00000605. The Kier molecular flexibility index (Phi) is 10.3. The van der Waals surface area contributed by atoms with Crippen LogP contribution < -0.4 is 9.80 Å². The number of fused-ring (bicyclic) bond motifs is 10. The molecule has 0 fully saturated rings. The van der Waals surface area contributed by atoms with E-state index < -0.39 is 85.2 Å². The van der Waals surface area contributed by atoms with Gasteiger partial charge in [-0.3, -0.25) is 17.6 Å². The van der Waals surface area contributed by atoms with Crippen LogP contribution in [-0.2, 0) is 49.7 Å². The molecular weight excluding hydrogens is 885 g/mol. The Morgan fingerprint density at radius 1 is 0.538 bits per heavy atom.